The van der Waals surface area contributed by atoms with E-state index in [1.807, 2.05) is 24.4 Å². The zero-order chi connectivity index (χ0) is 19.2. The maximum Gasteiger partial charge on any atom is 0.264 e. The van der Waals surface area contributed by atoms with Gasteiger partial charge in [0.1, 0.15) is 5.75 Å². The quantitative estimate of drug-likeness (QED) is 0.751. The van der Waals surface area contributed by atoms with Crippen LogP contribution < -0.4 is 10.1 Å². The van der Waals surface area contributed by atoms with Crippen molar-refractivity contribution in [2.75, 3.05) is 18.5 Å². The van der Waals surface area contributed by atoms with E-state index in [0.717, 1.165) is 18.8 Å². The van der Waals surface area contributed by atoms with Crippen molar-refractivity contribution >= 4 is 22.4 Å². The van der Waals surface area contributed by atoms with Crippen LogP contribution in [0.5, 0.6) is 5.75 Å². The van der Waals surface area contributed by atoms with E-state index in [4.69, 9.17) is 4.74 Å². The van der Waals surface area contributed by atoms with Crippen molar-refractivity contribution in [1.29, 1.82) is 0 Å². The van der Waals surface area contributed by atoms with Crippen LogP contribution >= 0.6 is 11.3 Å². The lowest BCUT2D eigenvalue weighted by Crippen LogP contribution is -2.36. The normalized spacial score (nSPS) is 17.9. The van der Waals surface area contributed by atoms with Crippen molar-refractivity contribution in [3.8, 4) is 5.75 Å². The first-order chi connectivity index (χ1) is 13.0. The van der Waals surface area contributed by atoms with Gasteiger partial charge in [-0.15, -0.1) is 11.3 Å². The Bertz CT molecular complexity index is 759. The number of hydrogen-bond acceptors (Lipinski definition) is 5. The lowest BCUT2D eigenvalue weighted by molar-refractivity contribution is -0.118. The Labute approximate surface area is 165 Å². The first-order valence-corrected chi connectivity index (χ1v) is 10.5. The number of amides is 1. The van der Waals surface area contributed by atoms with Gasteiger partial charge in [-0.1, -0.05) is 32.4 Å². The summed E-state index contributed by atoms with van der Waals surface area (Å²) in [6.07, 6.45) is 5.72. The fourth-order valence-corrected chi connectivity index (χ4v) is 4.15. The van der Waals surface area contributed by atoms with E-state index in [2.05, 4.69) is 42.0 Å². The summed E-state index contributed by atoms with van der Waals surface area (Å²) in [6.45, 7) is 8.60. The Kier molecular flexibility index (Phi) is 6.85. The maximum atomic E-state index is 12.2. The molecular formula is C21H29N3O2S. The molecule has 0 radical (unpaired) electrons. The number of nitrogens with one attached hydrogen (secondary N) is 1. The number of carbonyl (C=O) groups is 1. The Morgan fingerprint density at radius 2 is 2.26 bits per heavy atom. The van der Waals surface area contributed by atoms with Crippen LogP contribution in [0.25, 0.3) is 0 Å². The molecule has 0 spiro atoms. The molecule has 1 atom stereocenters. The smallest absolute Gasteiger partial charge is 0.264 e. The first kappa shape index (κ1) is 19.8. The Hall–Kier alpha value is -1.92. The van der Waals surface area contributed by atoms with Crippen molar-refractivity contribution in [2.24, 2.45) is 0 Å². The number of benzene rings is 1. The fourth-order valence-electron chi connectivity index (χ4n) is 3.30. The van der Waals surface area contributed by atoms with Crippen LogP contribution in [0.1, 0.15) is 56.4 Å². The van der Waals surface area contributed by atoms with E-state index in [9.17, 15) is 4.79 Å². The molecule has 1 aliphatic rings. The summed E-state index contributed by atoms with van der Waals surface area (Å²) >= 11 is 1.54. The lowest BCUT2D eigenvalue weighted by atomic mass is 10.0. The monoisotopic (exact) mass is 387 g/mol. The fraction of sp³-hybridized carbons (Fsp3) is 0.524. The topological polar surface area (TPSA) is 54.5 Å². The average molecular weight is 388 g/mol. The van der Waals surface area contributed by atoms with Gasteiger partial charge in [0.15, 0.2) is 11.7 Å². The van der Waals surface area contributed by atoms with Crippen LogP contribution in [0.2, 0.25) is 0 Å². The molecule has 1 amide bonds. The summed E-state index contributed by atoms with van der Waals surface area (Å²) in [5, 5.41) is 3.48. The highest BCUT2D eigenvalue weighted by Gasteiger charge is 2.19. The molecule has 0 bridgehead atoms. The van der Waals surface area contributed by atoms with Crippen molar-refractivity contribution in [3.05, 3.63) is 40.9 Å². The molecule has 1 saturated heterocycles. The van der Waals surface area contributed by atoms with E-state index in [1.165, 1.54) is 29.7 Å². The number of ether oxygens (including phenoxy) is 1. The lowest BCUT2D eigenvalue weighted by Gasteiger charge is -2.32. The first-order valence-electron chi connectivity index (χ1n) is 9.72. The summed E-state index contributed by atoms with van der Waals surface area (Å²) < 4.78 is 5.63. The number of hydrogen-bond donors (Lipinski definition) is 1. The average Bonchev–Trinajstić information content (AvgIpc) is 3.09. The van der Waals surface area contributed by atoms with Gasteiger partial charge in [0.2, 0.25) is 0 Å². The molecule has 1 aromatic heterocycles. The predicted octanol–water partition coefficient (Wildman–Crippen LogP) is 4.66. The molecule has 1 aromatic carbocycles. The Morgan fingerprint density at radius 1 is 1.41 bits per heavy atom. The summed E-state index contributed by atoms with van der Waals surface area (Å²) in [5.41, 5.74) is 1.20. The van der Waals surface area contributed by atoms with Crippen LogP contribution in [-0.2, 0) is 11.3 Å². The van der Waals surface area contributed by atoms with Crippen LogP contribution in [0.15, 0.2) is 30.5 Å². The highest BCUT2D eigenvalue weighted by Crippen LogP contribution is 2.24. The van der Waals surface area contributed by atoms with Crippen molar-refractivity contribution in [1.82, 2.24) is 9.88 Å². The van der Waals surface area contributed by atoms with E-state index >= 15 is 0 Å². The number of piperidine rings is 1. The van der Waals surface area contributed by atoms with Gasteiger partial charge in [0, 0.05) is 23.7 Å². The van der Waals surface area contributed by atoms with Crippen LogP contribution in [0.4, 0.5) is 5.13 Å². The van der Waals surface area contributed by atoms with Crippen molar-refractivity contribution < 1.29 is 9.53 Å². The standard InChI is InChI=1S/C21H29N3O2S/c1-15(2)17-8-6-9-18(11-17)26-14-20(25)23-21-22-12-19(27-21)13-24-10-5-4-7-16(24)3/h6,8-9,11-12,15-16H,4-5,7,10,13-14H2,1-3H3,(H,22,23,25). The number of nitrogens with zero attached hydrogens (tertiary/aromatic N) is 2. The second kappa shape index (κ2) is 9.33. The molecule has 0 aliphatic carbocycles. The second-order valence-electron chi connectivity index (χ2n) is 7.51. The molecular weight excluding hydrogens is 358 g/mol. The third kappa shape index (κ3) is 5.78. The third-order valence-corrected chi connectivity index (χ3v) is 5.89. The molecule has 1 fully saturated rings. The predicted molar refractivity (Wildman–Crippen MR) is 110 cm³/mol. The molecule has 1 unspecified atom stereocenters. The third-order valence-electron chi connectivity index (χ3n) is 4.99. The van der Waals surface area contributed by atoms with E-state index in [-0.39, 0.29) is 12.5 Å². The van der Waals surface area contributed by atoms with Crippen molar-refractivity contribution in [3.63, 3.8) is 0 Å². The zero-order valence-corrected chi connectivity index (χ0v) is 17.2. The van der Waals surface area contributed by atoms with Gasteiger partial charge in [0.25, 0.3) is 5.91 Å². The van der Waals surface area contributed by atoms with Gasteiger partial charge in [-0.3, -0.25) is 15.0 Å². The van der Waals surface area contributed by atoms with E-state index < -0.39 is 0 Å². The highest BCUT2D eigenvalue weighted by molar-refractivity contribution is 7.15. The number of rotatable bonds is 7. The van der Waals surface area contributed by atoms with Crippen LogP contribution in [0.3, 0.4) is 0 Å². The molecule has 146 valence electrons. The van der Waals surface area contributed by atoms with Gasteiger partial charge < -0.3 is 4.74 Å². The molecule has 2 aromatic rings. The Morgan fingerprint density at radius 3 is 3.04 bits per heavy atom. The number of carbonyl (C=O) groups excluding carboxylic acids is 1. The van der Waals surface area contributed by atoms with Gasteiger partial charge in [-0.05, 0) is 49.9 Å². The SMILES string of the molecule is CC(C)c1cccc(OCC(=O)Nc2ncc(CN3CCCCC3C)s2)c1. The van der Waals surface area contributed by atoms with E-state index in [0.29, 0.717) is 17.1 Å². The minimum Gasteiger partial charge on any atom is -0.484 e. The maximum absolute atomic E-state index is 12.2. The van der Waals surface area contributed by atoms with Crippen LogP contribution in [-0.4, -0.2) is 35.0 Å². The number of aromatic nitrogens is 1. The highest BCUT2D eigenvalue weighted by atomic mass is 32.1. The minimum atomic E-state index is -0.183. The summed E-state index contributed by atoms with van der Waals surface area (Å²) in [6, 6.07) is 8.50. The Balaban J connectivity index is 1.48. The number of anilines is 1. The number of likely N-dealkylation sites (tertiary alicyclic amines) is 1. The van der Waals surface area contributed by atoms with Gasteiger partial charge in [0.05, 0.1) is 0 Å². The van der Waals surface area contributed by atoms with Gasteiger partial charge in [-0.25, -0.2) is 4.98 Å². The van der Waals surface area contributed by atoms with Crippen molar-refractivity contribution in [2.45, 2.75) is 58.5 Å². The molecule has 1 N–H and O–H groups in total. The largest absolute Gasteiger partial charge is 0.484 e. The molecule has 0 saturated carbocycles. The molecule has 5 nitrogen and oxygen atoms in total. The number of thiazole rings is 1. The van der Waals surface area contributed by atoms with E-state index in [1.54, 1.807) is 11.3 Å². The van der Waals surface area contributed by atoms with Gasteiger partial charge >= 0.3 is 0 Å². The summed E-state index contributed by atoms with van der Waals surface area (Å²) in [7, 11) is 0. The minimum absolute atomic E-state index is 0.0143. The molecule has 6 heteroatoms. The van der Waals surface area contributed by atoms with Crippen LogP contribution in [0, 0.1) is 0 Å². The van der Waals surface area contributed by atoms with Gasteiger partial charge in [-0.2, -0.15) is 0 Å². The molecule has 2 heterocycles. The summed E-state index contributed by atoms with van der Waals surface area (Å²) in [5.74, 6) is 0.964. The molecule has 1 aliphatic heterocycles. The molecule has 3 rings (SSSR count). The second-order valence-corrected chi connectivity index (χ2v) is 8.63. The summed E-state index contributed by atoms with van der Waals surface area (Å²) in [4.78, 5) is 20.2. The molecule has 27 heavy (non-hydrogen) atoms. The zero-order valence-electron chi connectivity index (χ0n) is 16.4.